The van der Waals surface area contributed by atoms with Crippen LogP contribution in [-0.2, 0) is 9.47 Å². The van der Waals surface area contributed by atoms with Gasteiger partial charge in [-0.15, -0.1) is 11.8 Å². The predicted molar refractivity (Wildman–Crippen MR) is 81.2 cm³/mol. The van der Waals surface area contributed by atoms with Gasteiger partial charge in [-0.1, -0.05) is 11.6 Å². The number of aromatic carboxylic acids is 1. The van der Waals surface area contributed by atoms with Crippen molar-refractivity contribution < 1.29 is 19.4 Å². The van der Waals surface area contributed by atoms with Crippen LogP contribution in [0.5, 0.6) is 0 Å². The molecule has 1 aliphatic heterocycles. The second kappa shape index (κ2) is 6.16. The van der Waals surface area contributed by atoms with Crippen molar-refractivity contribution in [2.45, 2.75) is 42.5 Å². The molecule has 21 heavy (non-hydrogen) atoms. The third-order valence-corrected chi connectivity index (χ3v) is 5.34. The standard InChI is InChI=1S/C15H17ClO4S/c16-13-4-3-11(7-12(13)14(17)18)21-9-10-8-19-15(20-10)5-1-2-6-15/h3-4,7,10H,1-2,5-6,8-9H2,(H,17,18). The third-order valence-electron chi connectivity index (χ3n) is 3.88. The lowest BCUT2D eigenvalue weighted by Crippen LogP contribution is -2.27. The van der Waals surface area contributed by atoms with Crippen molar-refractivity contribution in [3.05, 3.63) is 28.8 Å². The van der Waals surface area contributed by atoms with Crippen LogP contribution in [0.25, 0.3) is 0 Å². The summed E-state index contributed by atoms with van der Waals surface area (Å²) in [6.45, 7) is 0.617. The van der Waals surface area contributed by atoms with Crippen LogP contribution in [0, 0.1) is 0 Å². The Labute approximate surface area is 132 Å². The average Bonchev–Trinajstić information content (AvgIpc) is 3.08. The highest BCUT2D eigenvalue weighted by Crippen LogP contribution is 2.40. The van der Waals surface area contributed by atoms with Gasteiger partial charge in [0.05, 0.1) is 23.3 Å². The zero-order valence-corrected chi connectivity index (χ0v) is 13.1. The van der Waals surface area contributed by atoms with Gasteiger partial charge in [-0.05, 0) is 31.0 Å². The Kier molecular flexibility index (Phi) is 4.45. The molecular weight excluding hydrogens is 312 g/mol. The van der Waals surface area contributed by atoms with Crippen LogP contribution in [-0.4, -0.2) is 35.3 Å². The molecule has 1 aliphatic carbocycles. The van der Waals surface area contributed by atoms with Gasteiger partial charge in [0.2, 0.25) is 0 Å². The van der Waals surface area contributed by atoms with E-state index in [4.69, 9.17) is 26.2 Å². The topological polar surface area (TPSA) is 55.8 Å². The maximum absolute atomic E-state index is 11.1. The summed E-state index contributed by atoms with van der Waals surface area (Å²) in [5.41, 5.74) is 0.137. The lowest BCUT2D eigenvalue weighted by Gasteiger charge is -2.21. The van der Waals surface area contributed by atoms with Crippen LogP contribution in [0.4, 0.5) is 0 Å². The van der Waals surface area contributed by atoms with E-state index in [1.54, 1.807) is 23.9 Å². The number of rotatable bonds is 4. The van der Waals surface area contributed by atoms with Gasteiger partial charge < -0.3 is 14.6 Å². The Hall–Kier alpha value is -0.750. The molecule has 1 saturated heterocycles. The summed E-state index contributed by atoms with van der Waals surface area (Å²) in [5.74, 6) is -0.590. The third kappa shape index (κ3) is 3.37. The summed E-state index contributed by atoms with van der Waals surface area (Å²) >= 11 is 7.44. The summed E-state index contributed by atoms with van der Waals surface area (Å²) < 4.78 is 11.9. The molecule has 1 atom stereocenters. The fourth-order valence-electron chi connectivity index (χ4n) is 2.82. The molecule has 1 aromatic carbocycles. The van der Waals surface area contributed by atoms with Gasteiger partial charge in [0.25, 0.3) is 0 Å². The van der Waals surface area contributed by atoms with Crippen molar-refractivity contribution in [1.29, 1.82) is 0 Å². The molecule has 1 unspecified atom stereocenters. The first-order valence-electron chi connectivity index (χ1n) is 7.05. The molecule has 1 spiro atoms. The molecule has 4 nitrogen and oxygen atoms in total. The Morgan fingerprint density at radius 1 is 1.43 bits per heavy atom. The first-order chi connectivity index (χ1) is 10.1. The monoisotopic (exact) mass is 328 g/mol. The summed E-state index contributed by atoms with van der Waals surface area (Å²) in [5, 5.41) is 9.33. The molecule has 3 rings (SSSR count). The van der Waals surface area contributed by atoms with Crippen molar-refractivity contribution in [3.63, 3.8) is 0 Å². The molecule has 0 aromatic heterocycles. The maximum Gasteiger partial charge on any atom is 0.337 e. The Bertz CT molecular complexity index is 542. The normalized spacial score (nSPS) is 23.8. The molecule has 0 bridgehead atoms. The number of carbonyl (C=O) groups is 1. The quantitative estimate of drug-likeness (QED) is 0.852. The predicted octanol–water partition coefficient (Wildman–Crippen LogP) is 3.82. The molecule has 1 N–H and O–H groups in total. The minimum Gasteiger partial charge on any atom is -0.478 e. The smallest absolute Gasteiger partial charge is 0.337 e. The van der Waals surface area contributed by atoms with Crippen LogP contribution in [0.1, 0.15) is 36.0 Å². The van der Waals surface area contributed by atoms with Gasteiger partial charge in [0.1, 0.15) is 0 Å². The number of ether oxygens (including phenoxy) is 2. The van der Waals surface area contributed by atoms with E-state index >= 15 is 0 Å². The van der Waals surface area contributed by atoms with Crippen LogP contribution in [0.15, 0.2) is 23.1 Å². The van der Waals surface area contributed by atoms with E-state index in [2.05, 4.69) is 0 Å². The van der Waals surface area contributed by atoms with Gasteiger partial charge in [0.15, 0.2) is 5.79 Å². The number of halogens is 1. The first kappa shape index (κ1) is 15.2. The molecule has 2 aliphatic rings. The van der Waals surface area contributed by atoms with Gasteiger partial charge >= 0.3 is 5.97 Å². The lowest BCUT2D eigenvalue weighted by molar-refractivity contribution is -0.159. The van der Waals surface area contributed by atoms with Crippen molar-refractivity contribution in [1.82, 2.24) is 0 Å². The number of hydrogen-bond acceptors (Lipinski definition) is 4. The van der Waals surface area contributed by atoms with E-state index in [0.29, 0.717) is 6.61 Å². The Balaban J connectivity index is 1.58. The summed E-state index contributed by atoms with van der Waals surface area (Å²) in [6, 6.07) is 5.06. The molecule has 1 aromatic rings. The molecule has 2 fully saturated rings. The fourth-order valence-corrected chi connectivity index (χ4v) is 3.93. The maximum atomic E-state index is 11.1. The zero-order chi connectivity index (χ0) is 14.9. The SMILES string of the molecule is O=C(O)c1cc(SCC2COC3(CCCC3)O2)ccc1Cl. The van der Waals surface area contributed by atoms with E-state index in [1.807, 2.05) is 6.07 Å². The molecule has 6 heteroatoms. The van der Waals surface area contributed by atoms with Crippen LogP contribution in [0.3, 0.4) is 0 Å². The van der Waals surface area contributed by atoms with Crippen molar-refractivity contribution in [2.75, 3.05) is 12.4 Å². The van der Waals surface area contributed by atoms with Gasteiger partial charge in [0, 0.05) is 23.5 Å². The summed E-state index contributed by atoms with van der Waals surface area (Å²) in [7, 11) is 0. The number of hydrogen-bond donors (Lipinski definition) is 1. The van der Waals surface area contributed by atoms with Gasteiger partial charge in [-0.2, -0.15) is 0 Å². The largest absolute Gasteiger partial charge is 0.478 e. The van der Waals surface area contributed by atoms with E-state index < -0.39 is 5.97 Å². The summed E-state index contributed by atoms with van der Waals surface area (Å²) in [4.78, 5) is 11.9. The minimum atomic E-state index is -1.01. The molecular formula is C15H17ClO4S. The van der Waals surface area contributed by atoms with Crippen molar-refractivity contribution in [2.24, 2.45) is 0 Å². The number of thioether (sulfide) groups is 1. The Morgan fingerprint density at radius 3 is 2.90 bits per heavy atom. The van der Waals surface area contributed by atoms with E-state index in [1.165, 1.54) is 12.8 Å². The van der Waals surface area contributed by atoms with Crippen LogP contribution < -0.4 is 0 Å². The van der Waals surface area contributed by atoms with Crippen LogP contribution in [0.2, 0.25) is 5.02 Å². The molecule has 0 radical (unpaired) electrons. The highest BCUT2D eigenvalue weighted by molar-refractivity contribution is 7.99. The van der Waals surface area contributed by atoms with E-state index in [9.17, 15) is 4.79 Å². The van der Waals surface area contributed by atoms with Crippen molar-refractivity contribution >= 4 is 29.3 Å². The van der Waals surface area contributed by atoms with E-state index in [-0.39, 0.29) is 22.5 Å². The van der Waals surface area contributed by atoms with Gasteiger partial charge in [-0.3, -0.25) is 0 Å². The molecule has 114 valence electrons. The molecule has 0 amide bonds. The number of carboxylic acid groups (broad SMARTS) is 1. The fraction of sp³-hybridized carbons (Fsp3) is 0.533. The molecule has 1 heterocycles. The summed E-state index contributed by atoms with van der Waals surface area (Å²) in [6.07, 6.45) is 4.37. The Morgan fingerprint density at radius 2 is 2.19 bits per heavy atom. The van der Waals surface area contributed by atoms with Gasteiger partial charge in [-0.25, -0.2) is 4.79 Å². The highest BCUT2D eigenvalue weighted by atomic mass is 35.5. The van der Waals surface area contributed by atoms with E-state index in [0.717, 1.165) is 23.5 Å². The second-order valence-electron chi connectivity index (χ2n) is 5.43. The zero-order valence-electron chi connectivity index (χ0n) is 11.5. The number of carboxylic acids is 1. The lowest BCUT2D eigenvalue weighted by atomic mass is 10.2. The minimum absolute atomic E-state index is 0.0667. The first-order valence-corrected chi connectivity index (χ1v) is 8.42. The van der Waals surface area contributed by atoms with Crippen LogP contribution >= 0.6 is 23.4 Å². The van der Waals surface area contributed by atoms with Crippen molar-refractivity contribution in [3.8, 4) is 0 Å². The number of benzene rings is 1. The average molecular weight is 329 g/mol. The highest BCUT2D eigenvalue weighted by Gasteiger charge is 2.43. The molecule has 1 saturated carbocycles. The second-order valence-corrected chi connectivity index (χ2v) is 6.93.